The van der Waals surface area contributed by atoms with Gasteiger partial charge in [-0.3, -0.25) is 0 Å². The molecule has 0 radical (unpaired) electrons. The van der Waals surface area contributed by atoms with Gasteiger partial charge < -0.3 is 18.0 Å². The van der Waals surface area contributed by atoms with Crippen molar-refractivity contribution in [1.29, 1.82) is 0 Å². The maximum atomic E-state index is 6.91. The molecule has 0 bridgehead atoms. The molecule has 0 saturated heterocycles. The third-order valence-electron chi connectivity index (χ3n) is 12.1. The summed E-state index contributed by atoms with van der Waals surface area (Å²) in [6.07, 6.45) is 0. The summed E-state index contributed by atoms with van der Waals surface area (Å²) in [5.74, 6) is 0. The SMILES string of the molecule is c1ccc(-n2c3ccccc3c3c(-c4cccc5c6ccccc6n(-c6cccc7c6oc6ccc(-c8cccc9c8oc8ccccc89)cc67)c45)cccc32)cc1. The molecule has 4 heterocycles. The number of rotatable bonds is 4. The number of hydrogen-bond donors (Lipinski definition) is 0. The number of hydrogen-bond acceptors (Lipinski definition) is 2. The minimum absolute atomic E-state index is 0.850. The van der Waals surface area contributed by atoms with Crippen LogP contribution in [0.3, 0.4) is 0 Å². The summed E-state index contributed by atoms with van der Waals surface area (Å²) in [6, 6.07) is 69.4. The molecule has 0 N–H and O–H groups in total. The zero-order valence-electron chi connectivity index (χ0n) is 31.2. The van der Waals surface area contributed by atoms with Crippen molar-refractivity contribution in [3.63, 3.8) is 0 Å². The molecule has 0 saturated carbocycles. The Balaban J connectivity index is 1.08. The molecular formula is C54H32N2O2. The van der Waals surface area contributed by atoms with Gasteiger partial charge in [0.05, 0.1) is 27.8 Å². The van der Waals surface area contributed by atoms with E-state index in [0.29, 0.717) is 0 Å². The van der Waals surface area contributed by atoms with Crippen LogP contribution in [0.4, 0.5) is 0 Å². The topological polar surface area (TPSA) is 36.1 Å². The van der Waals surface area contributed by atoms with Gasteiger partial charge in [-0.2, -0.15) is 0 Å². The second kappa shape index (κ2) is 11.8. The van der Waals surface area contributed by atoms with E-state index in [-0.39, 0.29) is 0 Å². The average molecular weight is 741 g/mol. The maximum Gasteiger partial charge on any atom is 0.159 e. The molecular weight excluding hydrogens is 709 g/mol. The molecule has 9 aromatic carbocycles. The van der Waals surface area contributed by atoms with Crippen LogP contribution in [0.5, 0.6) is 0 Å². The van der Waals surface area contributed by atoms with Gasteiger partial charge in [0.2, 0.25) is 0 Å². The second-order valence-corrected chi connectivity index (χ2v) is 15.2. The first-order chi connectivity index (χ1) is 28.8. The van der Waals surface area contributed by atoms with E-state index in [1.54, 1.807) is 0 Å². The van der Waals surface area contributed by atoms with Crippen LogP contribution in [-0.4, -0.2) is 9.13 Å². The lowest BCUT2D eigenvalue weighted by Crippen LogP contribution is -1.96. The standard InChI is InChI=1S/C54H32N2O2/c1-2-14-34(15-3-1)55-46-26-8-5-18-43(46)51-38(20-12-27-47(51)55)40-22-11-21-39-36-16-4-7-25-45(36)56(52(39)40)48-28-13-24-42-44-32-33(30-31-50(44)58-54(42)48)35-19-10-23-41-37-17-6-9-29-49(37)57-53(35)41/h1-32H. The molecule has 0 spiro atoms. The second-order valence-electron chi connectivity index (χ2n) is 15.2. The first-order valence-electron chi connectivity index (χ1n) is 19.8. The van der Waals surface area contributed by atoms with Crippen LogP contribution in [-0.2, 0) is 0 Å². The Bertz CT molecular complexity index is 3800. The van der Waals surface area contributed by atoms with E-state index >= 15 is 0 Å². The minimum atomic E-state index is 0.850. The van der Waals surface area contributed by atoms with Crippen molar-refractivity contribution >= 4 is 87.5 Å². The van der Waals surface area contributed by atoms with Gasteiger partial charge in [-0.15, -0.1) is 0 Å². The molecule has 13 aromatic rings. The first kappa shape index (κ1) is 31.4. The minimum Gasteiger partial charge on any atom is -0.455 e. The van der Waals surface area contributed by atoms with Crippen molar-refractivity contribution in [3.8, 4) is 33.6 Å². The van der Waals surface area contributed by atoms with Crippen LogP contribution in [0.2, 0.25) is 0 Å². The van der Waals surface area contributed by atoms with Crippen LogP contribution in [0.25, 0.3) is 121 Å². The summed E-state index contributed by atoms with van der Waals surface area (Å²) in [5.41, 5.74) is 14.8. The number of furan rings is 2. The molecule has 4 heteroatoms. The van der Waals surface area contributed by atoms with Gasteiger partial charge in [-0.25, -0.2) is 0 Å². The molecule has 4 aromatic heterocycles. The number of nitrogens with zero attached hydrogens (tertiary/aromatic N) is 2. The summed E-state index contributed by atoms with van der Waals surface area (Å²) in [6.45, 7) is 0. The number of para-hydroxylation sites is 7. The summed E-state index contributed by atoms with van der Waals surface area (Å²) in [7, 11) is 0. The van der Waals surface area contributed by atoms with Crippen LogP contribution >= 0.6 is 0 Å². The summed E-state index contributed by atoms with van der Waals surface area (Å²) >= 11 is 0. The van der Waals surface area contributed by atoms with Gasteiger partial charge in [0.1, 0.15) is 16.7 Å². The van der Waals surface area contributed by atoms with Crippen LogP contribution < -0.4 is 0 Å². The Morgan fingerprint density at radius 3 is 1.78 bits per heavy atom. The summed E-state index contributed by atoms with van der Waals surface area (Å²) in [5, 5.41) is 9.26. The van der Waals surface area contributed by atoms with E-state index in [4.69, 9.17) is 8.83 Å². The Morgan fingerprint density at radius 2 is 0.914 bits per heavy atom. The normalized spacial score (nSPS) is 12.1. The van der Waals surface area contributed by atoms with Crippen molar-refractivity contribution in [2.45, 2.75) is 0 Å². The molecule has 0 aliphatic heterocycles. The quantitative estimate of drug-likeness (QED) is 0.180. The first-order valence-corrected chi connectivity index (χ1v) is 19.8. The highest BCUT2D eigenvalue weighted by Crippen LogP contribution is 2.45. The van der Waals surface area contributed by atoms with Gasteiger partial charge >= 0.3 is 0 Å². The van der Waals surface area contributed by atoms with Crippen LogP contribution in [0.15, 0.2) is 203 Å². The largest absolute Gasteiger partial charge is 0.455 e. The fourth-order valence-electron chi connectivity index (χ4n) is 9.69. The molecule has 58 heavy (non-hydrogen) atoms. The highest BCUT2D eigenvalue weighted by molar-refractivity contribution is 6.21. The number of benzene rings is 9. The van der Waals surface area contributed by atoms with Gasteiger partial charge in [-0.05, 0) is 65.7 Å². The summed E-state index contributed by atoms with van der Waals surface area (Å²) < 4.78 is 18.2. The Morgan fingerprint density at radius 1 is 0.328 bits per heavy atom. The molecule has 13 rings (SSSR count). The molecule has 0 atom stereocenters. The Kier molecular flexibility index (Phi) is 6.41. The zero-order valence-corrected chi connectivity index (χ0v) is 31.2. The molecule has 0 aliphatic rings. The van der Waals surface area contributed by atoms with E-state index in [1.807, 2.05) is 12.1 Å². The fourth-order valence-corrected chi connectivity index (χ4v) is 9.69. The van der Waals surface area contributed by atoms with E-state index < -0.39 is 0 Å². The van der Waals surface area contributed by atoms with E-state index in [2.05, 4.69) is 191 Å². The van der Waals surface area contributed by atoms with Crippen molar-refractivity contribution in [2.24, 2.45) is 0 Å². The lowest BCUT2D eigenvalue weighted by Gasteiger charge is -2.13. The van der Waals surface area contributed by atoms with Crippen molar-refractivity contribution in [3.05, 3.63) is 194 Å². The molecule has 4 nitrogen and oxygen atoms in total. The van der Waals surface area contributed by atoms with Crippen molar-refractivity contribution < 1.29 is 8.83 Å². The fraction of sp³-hybridized carbons (Fsp3) is 0. The molecule has 0 amide bonds. The third-order valence-corrected chi connectivity index (χ3v) is 12.1. The van der Waals surface area contributed by atoms with Gasteiger partial charge in [0, 0.05) is 59.9 Å². The third kappa shape index (κ3) is 4.29. The summed E-state index contributed by atoms with van der Waals surface area (Å²) in [4.78, 5) is 0. The molecule has 270 valence electrons. The van der Waals surface area contributed by atoms with Crippen molar-refractivity contribution in [2.75, 3.05) is 0 Å². The lowest BCUT2D eigenvalue weighted by atomic mass is 9.97. The maximum absolute atomic E-state index is 6.91. The smallest absolute Gasteiger partial charge is 0.159 e. The van der Waals surface area contributed by atoms with Gasteiger partial charge in [0.15, 0.2) is 5.58 Å². The van der Waals surface area contributed by atoms with Gasteiger partial charge in [0.25, 0.3) is 0 Å². The molecule has 0 fully saturated rings. The zero-order chi connectivity index (χ0) is 37.9. The average Bonchev–Trinajstić information content (AvgIpc) is 4.04. The number of fused-ring (bicyclic) bond motifs is 12. The van der Waals surface area contributed by atoms with Gasteiger partial charge in [-0.1, -0.05) is 140 Å². The highest BCUT2D eigenvalue weighted by atomic mass is 16.3. The Labute approximate surface area is 332 Å². The highest BCUT2D eigenvalue weighted by Gasteiger charge is 2.23. The molecule has 0 aliphatic carbocycles. The van der Waals surface area contributed by atoms with E-state index in [0.717, 1.165) is 77.4 Å². The predicted octanol–water partition coefficient (Wildman–Crippen LogP) is 15.0. The number of aromatic nitrogens is 2. The van der Waals surface area contributed by atoms with E-state index in [9.17, 15) is 0 Å². The van der Waals surface area contributed by atoms with E-state index in [1.165, 1.54) is 43.7 Å². The lowest BCUT2D eigenvalue weighted by molar-refractivity contribution is 0.666. The molecule has 0 unspecified atom stereocenters. The predicted molar refractivity (Wildman–Crippen MR) is 241 cm³/mol. The van der Waals surface area contributed by atoms with Crippen molar-refractivity contribution in [1.82, 2.24) is 9.13 Å². The monoisotopic (exact) mass is 740 g/mol. The van der Waals surface area contributed by atoms with Crippen LogP contribution in [0.1, 0.15) is 0 Å². The Hall–Kier alpha value is -7.82. The van der Waals surface area contributed by atoms with Crippen LogP contribution in [0, 0.1) is 0 Å².